The van der Waals surface area contributed by atoms with Crippen LogP contribution in [0.5, 0.6) is 0 Å². The molecule has 0 heterocycles. The summed E-state index contributed by atoms with van der Waals surface area (Å²) >= 11 is 6.05. The van der Waals surface area contributed by atoms with Crippen molar-refractivity contribution in [3.63, 3.8) is 0 Å². The smallest absolute Gasteiger partial charge is 0.327 e. The molecule has 0 spiro atoms. The second-order valence-corrected chi connectivity index (χ2v) is 10.4. The third-order valence-corrected chi connectivity index (χ3v) is 6.04. The van der Waals surface area contributed by atoms with Crippen molar-refractivity contribution in [1.82, 2.24) is 21.1 Å². The largest absolute Gasteiger partial charge is 0.465 e. The number of rotatable bonds is 10. The van der Waals surface area contributed by atoms with Gasteiger partial charge in [0.1, 0.15) is 25.0 Å². The molecule has 0 radical (unpaired) electrons. The lowest BCUT2D eigenvalue weighted by molar-refractivity contribution is -0.153. The fourth-order valence-electron chi connectivity index (χ4n) is 3.62. The maximum atomic E-state index is 13.6. The minimum absolute atomic E-state index is 0.0399. The maximum absolute atomic E-state index is 13.6. The van der Waals surface area contributed by atoms with Crippen LogP contribution in [0, 0.1) is 16.7 Å². The Bertz CT molecular complexity index is 1320. The molecular weight excluding hydrogens is 552 g/mol. The highest BCUT2D eigenvalue weighted by Gasteiger charge is 2.36. The Morgan fingerprint density at radius 1 is 1.05 bits per heavy atom. The number of benzene rings is 2. The molecule has 12 nitrogen and oxygen atoms in total. The number of anilines is 1. The van der Waals surface area contributed by atoms with Gasteiger partial charge in [-0.15, -0.1) is 0 Å². The van der Waals surface area contributed by atoms with Crippen LogP contribution in [0.3, 0.4) is 0 Å². The van der Waals surface area contributed by atoms with Crippen molar-refractivity contribution < 1.29 is 28.7 Å². The zero-order chi connectivity index (χ0) is 30.7. The van der Waals surface area contributed by atoms with E-state index < -0.39 is 60.1 Å². The van der Waals surface area contributed by atoms with Crippen LogP contribution < -0.4 is 21.8 Å². The average Bonchev–Trinajstić information content (AvgIpc) is 2.91. The van der Waals surface area contributed by atoms with Gasteiger partial charge in [-0.3, -0.25) is 29.4 Å². The first-order chi connectivity index (χ1) is 19.3. The Morgan fingerprint density at radius 3 is 2.27 bits per heavy atom. The van der Waals surface area contributed by atoms with Crippen molar-refractivity contribution >= 4 is 46.9 Å². The number of carbonyl (C=O) groups is 5. The highest BCUT2D eigenvalue weighted by molar-refractivity contribution is 6.33. The molecule has 2 aromatic carbocycles. The molecule has 41 heavy (non-hydrogen) atoms. The van der Waals surface area contributed by atoms with Gasteiger partial charge in [0, 0.05) is 5.56 Å². The number of hydrazine groups is 1. The summed E-state index contributed by atoms with van der Waals surface area (Å²) in [5, 5.41) is 15.1. The van der Waals surface area contributed by atoms with Gasteiger partial charge in [0.15, 0.2) is 0 Å². The summed E-state index contributed by atoms with van der Waals surface area (Å²) in [7, 11) is 0. The Morgan fingerprint density at radius 2 is 1.71 bits per heavy atom. The molecule has 218 valence electrons. The summed E-state index contributed by atoms with van der Waals surface area (Å²) in [6.07, 6.45) is -0.616. The Kier molecular flexibility index (Phi) is 11.7. The van der Waals surface area contributed by atoms with E-state index in [4.69, 9.17) is 27.3 Å². The van der Waals surface area contributed by atoms with Crippen LogP contribution in [0.4, 0.5) is 5.69 Å². The van der Waals surface area contributed by atoms with Crippen molar-refractivity contribution in [1.29, 1.82) is 5.26 Å². The van der Waals surface area contributed by atoms with Gasteiger partial charge < -0.3 is 21.1 Å². The van der Waals surface area contributed by atoms with Crippen molar-refractivity contribution in [2.24, 2.45) is 5.41 Å². The van der Waals surface area contributed by atoms with Crippen molar-refractivity contribution in [2.45, 2.75) is 46.2 Å². The normalized spacial score (nSPS) is 12.2. The molecule has 2 atom stereocenters. The molecule has 2 aromatic rings. The lowest BCUT2D eigenvalue weighted by atomic mass is 9.85. The van der Waals surface area contributed by atoms with E-state index in [9.17, 15) is 24.0 Å². The minimum Gasteiger partial charge on any atom is -0.465 e. The van der Waals surface area contributed by atoms with E-state index >= 15 is 0 Å². The van der Waals surface area contributed by atoms with Gasteiger partial charge in [-0.05, 0) is 36.1 Å². The zero-order valence-corrected chi connectivity index (χ0v) is 23.9. The number of hydrogen-bond donors (Lipinski definition) is 4. The molecular formula is C28H33ClN6O6. The summed E-state index contributed by atoms with van der Waals surface area (Å²) in [6.45, 7) is 6.15. The molecule has 0 unspecified atom stereocenters. The summed E-state index contributed by atoms with van der Waals surface area (Å²) in [4.78, 5) is 64.6. The number of nitrogens with two attached hydrogens (primary N) is 1. The molecule has 0 saturated heterocycles. The van der Waals surface area contributed by atoms with Gasteiger partial charge in [-0.2, -0.15) is 5.26 Å². The Hall–Kier alpha value is -4.63. The van der Waals surface area contributed by atoms with Crippen molar-refractivity contribution in [2.75, 3.05) is 18.9 Å². The van der Waals surface area contributed by atoms with Crippen LogP contribution in [0.1, 0.15) is 56.1 Å². The van der Waals surface area contributed by atoms with Crippen molar-refractivity contribution in [3.8, 4) is 6.07 Å². The number of ether oxygens (including phenoxy) is 1. The van der Waals surface area contributed by atoms with Crippen LogP contribution in [-0.4, -0.2) is 53.8 Å². The number of nitrogens with zero attached hydrogens (tertiary/aromatic N) is 2. The Labute approximate surface area is 243 Å². The van der Waals surface area contributed by atoms with E-state index in [1.54, 1.807) is 64.1 Å². The standard InChI is InChI=1S/C28H33ClN6O6/c1-5-41-22(37)16-35(21(36)13-14-30)34-26(39)23(17-9-7-6-8-10-17)32-27(40)24(28(2,3)4)33-25(38)18-11-12-20(31)19(29)15-18/h6-12,15,23-24H,5,13,16,31H2,1-4H3,(H,32,40)(H,33,38)(H,34,39)/t23-,24-/m1/s1. The van der Waals surface area contributed by atoms with Gasteiger partial charge in [-0.25, -0.2) is 5.01 Å². The number of esters is 1. The van der Waals surface area contributed by atoms with Crippen molar-refractivity contribution in [3.05, 3.63) is 64.7 Å². The number of nitrogen functional groups attached to an aromatic ring is 1. The maximum Gasteiger partial charge on any atom is 0.327 e. The topological polar surface area (TPSA) is 184 Å². The van der Waals surface area contributed by atoms with E-state index in [0.29, 0.717) is 10.6 Å². The van der Waals surface area contributed by atoms with Gasteiger partial charge >= 0.3 is 5.97 Å². The van der Waals surface area contributed by atoms with Gasteiger partial charge in [0.2, 0.25) is 5.91 Å². The third-order valence-electron chi connectivity index (χ3n) is 5.72. The van der Waals surface area contributed by atoms with Crippen LogP contribution in [0.15, 0.2) is 48.5 Å². The zero-order valence-electron chi connectivity index (χ0n) is 23.2. The van der Waals surface area contributed by atoms with E-state index in [2.05, 4.69) is 16.1 Å². The third kappa shape index (κ3) is 9.51. The highest BCUT2D eigenvalue weighted by atomic mass is 35.5. The molecule has 0 bridgehead atoms. The summed E-state index contributed by atoms with van der Waals surface area (Å²) in [5.41, 5.74) is 8.04. The fraction of sp³-hybridized carbons (Fsp3) is 0.357. The van der Waals surface area contributed by atoms with E-state index in [1.165, 1.54) is 18.2 Å². The molecule has 2 rings (SSSR count). The number of nitrogens with one attached hydrogen (secondary N) is 3. The quantitative estimate of drug-likeness (QED) is 0.186. The van der Waals surface area contributed by atoms with Crippen LogP contribution in [0.2, 0.25) is 5.02 Å². The summed E-state index contributed by atoms with van der Waals surface area (Å²) < 4.78 is 4.86. The molecule has 4 amide bonds. The first-order valence-electron chi connectivity index (χ1n) is 12.6. The molecule has 0 aliphatic carbocycles. The number of halogens is 1. The van der Waals surface area contributed by atoms with E-state index in [1.807, 2.05) is 0 Å². The molecule has 5 N–H and O–H groups in total. The average molecular weight is 585 g/mol. The highest BCUT2D eigenvalue weighted by Crippen LogP contribution is 2.24. The molecule has 0 fully saturated rings. The summed E-state index contributed by atoms with van der Waals surface area (Å²) in [5.74, 6) is -3.82. The second kappa shape index (κ2) is 14.7. The molecule has 0 aromatic heterocycles. The predicted octanol–water partition coefficient (Wildman–Crippen LogP) is 2.26. The SMILES string of the molecule is CCOC(=O)CN(NC(=O)[C@H](NC(=O)[C@@H](NC(=O)c1ccc(N)c(Cl)c1)C(C)(C)C)c1ccccc1)C(=O)CC#N. The molecule has 0 aliphatic heterocycles. The first kappa shape index (κ1) is 32.6. The van der Waals surface area contributed by atoms with Gasteiger partial charge in [0.25, 0.3) is 17.7 Å². The minimum atomic E-state index is -1.35. The van der Waals surface area contributed by atoms with E-state index in [0.717, 1.165) is 0 Å². The second-order valence-electron chi connectivity index (χ2n) is 9.96. The van der Waals surface area contributed by atoms with Gasteiger partial charge in [-0.1, -0.05) is 62.7 Å². The van der Waals surface area contributed by atoms with E-state index in [-0.39, 0.29) is 22.9 Å². The number of nitriles is 1. The Balaban J connectivity index is 2.36. The van der Waals surface area contributed by atoms with Crippen LogP contribution >= 0.6 is 11.6 Å². The number of amides is 4. The lowest BCUT2D eigenvalue weighted by Crippen LogP contribution is -2.57. The molecule has 0 saturated carbocycles. The molecule has 0 aliphatic rings. The fourth-order valence-corrected chi connectivity index (χ4v) is 3.80. The lowest BCUT2D eigenvalue weighted by Gasteiger charge is -2.32. The first-order valence-corrected chi connectivity index (χ1v) is 13.0. The predicted molar refractivity (Wildman–Crippen MR) is 151 cm³/mol. The monoisotopic (exact) mass is 584 g/mol. The molecule has 13 heteroatoms. The van der Waals surface area contributed by atoms with Crippen LogP contribution in [-0.2, 0) is 23.9 Å². The number of hydrogen-bond acceptors (Lipinski definition) is 8. The number of carbonyl (C=O) groups excluding carboxylic acids is 5. The van der Waals surface area contributed by atoms with Crippen LogP contribution in [0.25, 0.3) is 0 Å². The van der Waals surface area contributed by atoms with Gasteiger partial charge in [0.05, 0.1) is 23.4 Å². The summed E-state index contributed by atoms with van der Waals surface area (Å²) in [6, 6.07) is 11.7.